The van der Waals surface area contributed by atoms with E-state index < -0.39 is 13.1 Å². The minimum Gasteiger partial charge on any atom is -0.478 e. The summed E-state index contributed by atoms with van der Waals surface area (Å²) < 4.78 is 0. The lowest BCUT2D eigenvalue weighted by Gasteiger charge is -1.98. The van der Waals surface area contributed by atoms with Crippen molar-refractivity contribution < 1.29 is 19.9 Å². The normalized spacial score (nSPS) is 10.7. The van der Waals surface area contributed by atoms with Crippen molar-refractivity contribution in [2.24, 2.45) is 10.2 Å². The summed E-state index contributed by atoms with van der Waals surface area (Å²) >= 11 is 0. The monoisotopic (exact) mass is 270 g/mol. The number of carbonyl (C=O) groups is 1. The van der Waals surface area contributed by atoms with E-state index in [9.17, 15) is 4.79 Å². The van der Waals surface area contributed by atoms with Gasteiger partial charge in [0.15, 0.2) is 0 Å². The molecular formula is C13H11BN2O4. The van der Waals surface area contributed by atoms with Crippen LogP contribution in [0.2, 0.25) is 0 Å². The second-order valence-electron chi connectivity index (χ2n) is 4.02. The Morgan fingerprint density at radius 3 is 1.70 bits per heavy atom. The number of hydrogen-bond acceptors (Lipinski definition) is 5. The van der Waals surface area contributed by atoms with Gasteiger partial charge in [0.25, 0.3) is 0 Å². The third kappa shape index (κ3) is 3.50. The molecule has 0 aliphatic heterocycles. The van der Waals surface area contributed by atoms with Crippen molar-refractivity contribution in [3.63, 3.8) is 0 Å². The number of aromatic carboxylic acids is 1. The predicted octanol–water partition coefficient (Wildman–Crippen LogP) is 1.48. The minimum absolute atomic E-state index is 0.185. The van der Waals surface area contributed by atoms with E-state index in [1.807, 2.05) is 0 Å². The quantitative estimate of drug-likeness (QED) is 0.578. The van der Waals surface area contributed by atoms with E-state index in [1.54, 1.807) is 24.3 Å². The Balaban J connectivity index is 2.10. The second-order valence-corrected chi connectivity index (χ2v) is 4.02. The molecule has 0 aliphatic rings. The number of benzene rings is 2. The van der Waals surface area contributed by atoms with Crippen LogP contribution in [0.25, 0.3) is 0 Å². The molecule has 2 rings (SSSR count). The van der Waals surface area contributed by atoms with Gasteiger partial charge in [-0.25, -0.2) is 4.79 Å². The van der Waals surface area contributed by atoms with Gasteiger partial charge >= 0.3 is 13.1 Å². The first-order valence-corrected chi connectivity index (χ1v) is 5.77. The van der Waals surface area contributed by atoms with Crippen molar-refractivity contribution in [2.45, 2.75) is 0 Å². The van der Waals surface area contributed by atoms with Crippen LogP contribution >= 0.6 is 0 Å². The Morgan fingerprint density at radius 1 is 0.850 bits per heavy atom. The predicted molar refractivity (Wildman–Crippen MR) is 73.8 cm³/mol. The third-order valence-electron chi connectivity index (χ3n) is 2.59. The van der Waals surface area contributed by atoms with Gasteiger partial charge in [-0.2, -0.15) is 10.2 Å². The van der Waals surface area contributed by atoms with Crippen LogP contribution in [0.3, 0.4) is 0 Å². The molecule has 0 saturated carbocycles. The van der Waals surface area contributed by atoms with Crippen LogP contribution in [0.5, 0.6) is 0 Å². The summed E-state index contributed by atoms with van der Waals surface area (Å²) in [6.45, 7) is 0. The zero-order chi connectivity index (χ0) is 14.5. The number of carboxylic acid groups (broad SMARTS) is 1. The standard InChI is InChI=1S/C13H11BN2O4/c17-13(18)9-1-5-11(6-2-9)15-16-12-7-3-10(4-8-12)14(19)20/h1-8,19-20H,(H,17,18). The molecule has 0 radical (unpaired) electrons. The van der Waals surface area contributed by atoms with Crippen molar-refractivity contribution in [1.82, 2.24) is 0 Å². The Labute approximate surface area is 115 Å². The summed E-state index contributed by atoms with van der Waals surface area (Å²) in [5, 5.41) is 34.6. The summed E-state index contributed by atoms with van der Waals surface area (Å²) in [7, 11) is -1.51. The molecule has 0 atom stereocenters. The molecule has 0 heterocycles. The van der Waals surface area contributed by atoms with Crippen LogP contribution in [0.4, 0.5) is 11.4 Å². The van der Waals surface area contributed by atoms with E-state index >= 15 is 0 Å². The minimum atomic E-state index is -1.51. The highest BCUT2D eigenvalue weighted by atomic mass is 16.4. The lowest BCUT2D eigenvalue weighted by Crippen LogP contribution is -2.29. The average molecular weight is 270 g/mol. The fraction of sp³-hybridized carbons (Fsp3) is 0. The van der Waals surface area contributed by atoms with E-state index in [4.69, 9.17) is 15.2 Å². The van der Waals surface area contributed by atoms with Crippen molar-refractivity contribution in [1.29, 1.82) is 0 Å². The molecule has 0 amide bonds. The number of carboxylic acids is 1. The van der Waals surface area contributed by atoms with Crippen molar-refractivity contribution >= 4 is 29.9 Å². The van der Waals surface area contributed by atoms with Crippen LogP contribution in [-0.4, -0.2) is 28.2 Å². The second kappa shape index (κ2) is 6.09. The van der Waals surface area contributed by atoms with Gasteiger partial charge in [0.1, 0.15) is 0 Å². The molecule has 3 N–H and O–H groups in total. The summed E-state index contributed by atoms with van der Waals surface area (Å²) in [6, 6.07) is 12.3. The zero-order valence-corrected chi connectivity index (χ0v) is 10.3. The molecule has 0 spiro atoms. The van der Waals surface area contributed by atoms with Crippen LogP contribution in [0.15, 0.2) is 58.8 Å². The molecule has 0 unspecified atom stereocenters. The molecule has 0 aliphatic carbocycles. The Bertz CT molecular complexity index is 624. The van der Waals surface area contributed by atoms with Crippen molar-refractivity contribution in [2.75, 3.05) is 0 Å². The van der Waals surface area contributed by atoms with Crippen LogP contribution < -0.4 is 5.46 Å². The number of rotatable bonds is 4. The Hall–Kier alpha value is -2.51. The van der Waals surface area contributed by atoms with Crippen LogP contribution in [0, 0.1) is 0 Å². The number of azo groups is 1. The molecule has 2 aromatic rings. The van der Waals surface area contributed by atoms with E-state index in [-0.39, 0.29) is 5.56 Å². The molecular weight excluding hydrogens is 259 g/mol. The van der Waals surface area contributed by atoms with Gasteiger partial charge in [0.05, 0.1) is 16.9 Å². The van der Waals surface area contributed by atoms with E-state index in [2.05, 4.69) is 10.2 Å². The van der Waals surface area contributed by atoms with Gasteiger partial charge in [-0.05, 0) is 41.9 Å². The summed E-state index contributed by atoms with van der Waals surface area (Å²) in [6.07, 6.45) is 0. The maximum Gasteiger partial charge on any atom is 0.488 e. The molecule has 6 nitrogen and oxygen atoms in total. The van der Waals surface area contributed by atoms with Gasteiger partial charge in [-0.3, -0.25) is 0 Å². The molecule has 20 heavy (non-hydrogen) atoms. The maximum absolute atomic E-state index is 10.7. The maximum atomic E-state index is 10.7. The fourth-order valence-corrected chi connectivity index (χ4v) is 1.50. The van der Waals surface area contributed by atoms with E-state index in [0.717, 1.165) is 0 Å². The molecule has 0 aromatic heterocycles. The van der Waals surface area contributed by atoms with E-state index in [1.165, 1.54) is 24.3 Å². The highest BCUT2D eigenvalue weighted by Gasteiger charge is 2.09. The molecule has 2 aromatic carbocycles. The van der Waals surface area contributed by atoms with Crippen LogP contribution in [0.1, 0.15) is 10.4 Å². The van der Waals surface area contributed by atoms with Gasteiger partial charge in [-0.1, -0.05) is 12.1 Å². The van der Waals surface area contributed by atoms with Gasteiger partial charge < -0.3 is 15.2 Å². The fourth-order valence-electron chi connectivity index (χ4n) is 1.50. The number of nitrogens with zero attached hydrogens (tertiary/aromatic N) is 2. The summed E-state index contributed by atoms with van der Waals surface area (Å²) in [5.41, 5.74) is 1.64. The molecule has 0 bridgehead atoms. The molecule has 7 heteroatoms. The first-order valence-electron chi connectivity index (χ1n) is 5.77. The zero-order valence-electron chi connectivity index (χ0n) is 10.3. The molecule has 0 saturated heterocycles. The molecule has 0 fully saturated rings. The van der Waals surface area contributed by atoms with Gasteiger partial charge in [-0.15, -0.1) is 0 Å². The van der Waals surface area contributed by atoms with Gasteiger partial charge in [0.2, 0.25) is 0 Å². The van der Waals surface area contributed by atoms with E-state index in [0.29, 0.717) is 16.8 Å². The Kier molecular flexibility index (Phi) is 4.24. The highest BCUT2D eigenvalue weighted by Crippen LogP contribution is 2.18. The van der Waals surface area contributed by atoms with Crippen molar-refractivity contribution in [3.8, 4) is 0 Å². The lowest BCUT2D eigenvalue weighted by molar-refractivity contribution is 0.0697. The van der Waals surface area contributed by atoms with Crippen LogP contribution in [-0.2, 0) is 0 Å². The Morgan fingerprint density at radius 2 is 1.30 bits per heavy atom. The average Bonchev–Trinajstić information content (AvgIpc) is 2.46. The lowest BCUT2D eigenvalue weighted by atomic mass is 9.80. The highest BCUT2D eigenvalue weighted by molar-refractivity contribution is 6.58. The summed E-state index contributed by atoms with van der Waals surface area (Å²) in [4.78, 5) is 10.7. The third-order valence-corrected chi connectivity index (χ3v) is 2.59. The first kappa shape index (κ1) is 13.9. The smallest absolute Gasteiger partial charge is 0.478 e. The summed E-state index contributed by atoms with van der Waals surface area (Å²) in [5.74, 6) is -0.994. The molecule has 100 valence electrons. The van der Waals surface area contributed by atoms with Crippen molar-refractivity contribution in [3.05, 3.63) is 54.1 Å². The topological polar surface area (TPSA) is 102 Å². The largest absolute Gasteiger partial charge is 0.488 e. The number of hydrogen-bond donors (Lipinski definition) is 3. The SMILES string of the molecule is O=C(O)c1ccc(N=Nc2ccc(B(O)O)cc2)cc1. The van der Waals surface area contributed by atoms with Gasteiger partial charge in [0, 0.05) is 0 Å². The first-order chi connectivity index (χ1) is 9.56.